The zero-order valence-corrected chi connectivity index (χ0v) is 6.93. The van der Waals surface area contributed by atoms with Crippen LogP contribution in [0.5, 0.6) is 0 Å². The Hall–Kier alpha value is -0.0800. The second-order valence-corrected chi connectivity index (χ2v) is 3.40. The number of nitrogens with two attached hydrogens (primary N) is 1. The largest absolute Gasteiger partial charge is 0.327 e. The van der Waals surface area contributed by atoms with Crippen LogP contribution in [0.3, 0.4) is 0 Å². The van der Waals surface area contributed by atoms with Gasteiger partial charge >= 0.3 is 0 Å². The third-order valence-electron chi connectivity index (χ3n) is 2.28. The van der Waals surface area contributed by atoms with Crippen molar-refractivity contribution in [3.05, 3.63) is 0 Å². The molecule has 0 amide bonds. The maximum absolute atomic E-state index is 5.73. The van der Waals surface area contributed by atoms with Gasteiger partial charge in [-0.15, -0.1) is 0 Å². The van der Waals surface area contributed by atoms with Crippen molar-refractivity contribution in [2.24, 2.45) is 11.7 Å². The molecule has 2 nitrogen and oxygen atoms in total. The van der Waals surface area contributed by atoms with E-state index in [1.165, 1.54) is 6.42 Å². The van der Waals surface area contributed by atoms with Crippen LogP contribution in [0.25, 0.3) is 0 Å². The zero-order chi connectivity index (χ0) is 7.56. The fourth-order valence-electron chi connectivity index (χ4n) is 1.05. The van der Waals surface area contributed by atoms with Crippen LogP contribution in [0.1, 0.15) is 26.7 Å². The highest BCUT2D eigenvalue weighted by Crippen LogP contribution is 2.28. The lowest BCUT2D eigenvalue weighted by atomic mass is 10.2. The van der Waals surface area contributed by atoms with Gasteiger partial charge in [0, 0.05) is 18.6 Å². The first kappa shape index (κ1) is 8.02. The molecule has 3 unspecified atom stereocenters. The fraction of sp³-hybridized carbons (Fsp3) is 1.00. The quantitative estimate of drug-likeness (QED) is 0.607. The van der Waals surface area contributed by atoms with Gasteiger partial charge in [-0.1, -0.05) is 13.8 Å². The van der Waals surface area contributed by atoms with E-state index in [1.54, 1.807) is 0 Å². The van der Waals surface area contributed by atoms with Gasteiger partial charge in [0.1, 0.15) is 0 Å². The average molecular weight is 142 g/mol. The molecule has 0 aliphatic heterocycles. The zero-order valence-electron chi connectivity index (χ0n) is 6.93. The summed E-state index contributed by atoms with van der Waals surface area (Å²) in [5, 5.41) is 3.43. The third-order valence-corrected chi connectivity index (χ3v) is 2.28. The van der Waals surface area contributed by atoms with Crippen molar-refractivity contribution in [3.8, 4) is 0 Å². The van der Waals surface area contributed by atoms with Gasteiger partial charge in [0.25, 0.3) is 0 Å². The van der Waals surface area contributed by atoms with Crippen LogP contribution in [0.4, 0.5) is 0 Å². The van der Waals surface area contributed by atoms with E-state index in [2.05, 4.69) is 19.2 Å². The van der Waals surface area contributed by atoms with Crippen molar-refractivity contribution < 1.29 is 0 Å². The Morgan fingerprint density at radius 2 is 2.30 bits per heavy atom. The molecule has 0 heterocycles. The molecule has 0 spiro atoms. The van der Waals surface area contributed by atoms with E-state index in [9.17, 15) is 0 Å². The van der Waals surface area contributed by atoms with Gasteiger partial charge in [-0.05, 0) is 18.8 Å². The summed E-state index contributed by atoms with van der Waals surface area (Å²) in [5.74, 6) is 0.893. The normalized spacial score (nSPS) is 33.9. The van der Waals surface area contributed by atoms with Crippen molar-refractivity contribution >= 4 is 0 Å². The van der Waals surface area contributed by atoms with Crippen molar-refractivity contribution in [1.82, 2.24) is 5.32 Å². The standard InChI is InChI=1S/C8H18N2/c1-3-7(9)5-10-8-4-6(8)2/h6-8,10H,3-5,9H2,1-2H3. The Morgan fingerprint density at radius 3 is 2.70 bits per heavy atom. The highest BCUT2D eigenvalue weighted by molar-refractivity contribution is 4.90. The van der Waals surface area contributed by atoms with Gasteiger partial charge in [-0.3, -0.25) is 0 Å². The molecule has 1 saturated carbocycles. The lowest BCUT2D eigenvalue weighted by Crippen LogP contribution is -2.34. The molecule has 1 fully saturated rings. The van der Waals surface area contributed by atoms with Crippen LogP contribution in [-0.4, -0.2) is 18.6 Å². The van der Waals surface area contributed by atoms with E-state index in [4.69, 9.17) is 5.73 Å². The number of nitrogens with one attached hydrogen (secondary N) is 1. The molecule has 2 heteroatoms. The van der Waals surface area contributed by atoms with Crippen LogP contribution in [-0.2, 0) is 0 Å². The van der Waals surface area contributed by atoms with E-state index in [-0.39, 0.29) is 0 Å². The molecule has 1 aliphatic rings. The lowest BCUT2D eigenvalue weighted by molar-refractivity contribution is 0.549. The Balaban J connectivity index is 1.95. The molecular formula is C8H18N2. The van der Waals surface area contributed by atoms with Crippen LogP contribution in [0.15, 0.2) is 0 Å². The first-order valence-electron chi connectivity index (χ1n) is 4.23. The maximum Gasteiger partial charge on any atom is 0.0162 e. The predicted octanol–water partition coefficient (Wildman–Crippen LogP) is 0.722. The fourth-order valence-corrected chi connectivity index (χ4v) is 1.05. The third kappa shape index (κ3) is 2.27. The smallest absolute Gasteiger partial charge is 0.0162 e. The van der Waals surface area contributed by atoms with Crippen molar-refractivity contribution in [2.45, 2.75) is 38.8 Å². The molecule has 3 atom stereocenters. The monoisotopic (exact) mass is 142 g/mol. The van der Waals surface area contributed by atoms with E-state index in [0.717, 1.165) is 24.9 Å². The molecule has 0 bridgehead atoms. The molecule has 1 rings (SSSR count). The number of hydrogen-bond acceptors (Lipinski definition) is 2. The van der Waals surface area contributed by atoms with Crippen molar-refractivity contribution in [1.29, 1.82) is 0 Å². The summed E-state index contributed by atoms with van der Waals surface area (Å²) in [6.07, 6.45) is 2.42. The van der Waals surface area contributed by atoms with Crippen LogP contribution >= 0.6 is 0 Å². The molecule has 0 radical (unpaired) electrons. The number of hydrogen-bond donors (Lipinski definition) is 2. The van der Waals surface area contributed by atoms with E-state index in [0.29, 0.717) is 6.04 Å². The predicted molar refractivity (Wildman–Crippen MR) is 43.8 cm³/mol. The van der Waals surface area contributed by atoms with Crippen molar-refractivity contribution in [3.63, 3.8) is 0 Å². The molecule has 0 saturated heterocycles. The minimum absolute atomic E-state index is 0.354. The van der Waals surface area contributed by atoms with Crippen LogP contribution in [0.2, 0.25) is 0 Å². The molecule has 0 aromatic carbocycles. The SMILES string of the molecule is CCC(N)CNC1CC1C. The van der Waals surface area contributed by atoms with Crippen molar-refractivity contribution in [2.75, 3.05) is 6.54 Å². The van der Waals surface area contributed by atoms with Gasteiger partial charge < -0.3 is 11.1 Å². The molecule has 0 aromatic heterocycles. The van der Waals surface area contributed by atoms with E-state index < -0.39 is 0 Å². The minimum Gasteiger partial charge on any atom is -0.327 e. The van der Waals surface area contributed by atoms with Gasteiger partial charge in [-0.2, -0.15) is 0 Å². The van der Waals surface area contributed by atoms with E-state index >= 15 is 0 Å². The summed E-state index contributed by atoms with van der Waals surface area (Å²) in [6.45, 7) is 5.39. The molecule has 3 N–H and O–H groups in total. The summed E-state index contributed by atoms with van der Waals surface area (Å²) in [6, 6.07) is 1.13. The topological polar surface area (TPSA) is 38.0 Å². The van der Waals surface area contributed by atoms with Gasteiger partial charge in [0.05, 0.1) is 0 Å². The Morgan fingerprint density at radius 1 is 1.70 bits per heavy atom. The summed E-state index contributed by atoms with van der Waals surface area (Å²) in [4.78, 5) is 0. The van der Waals surface area contributed by atoms with Gasteiger partial charge in [0.15, 0.2) is 0 Å². The molecule has 1 aliphatic carbocycles. The summed E-state index contributed by atoms with van der Waals surface area (Å²) >= 11 is 0. The maximum atomic E-state index is 5.73. The average Bonchev–Trinajstić information content (AvgIpc) is 2.61. The molecule has 60 valence electrons. The summed E-state index contributed by atoms with van der Waals surface area (Å²) in [7, 11) is 0. The minimum atomic E-state index is 0.354. The van der Waals surface area contributed by atoms with Gasteiger partial charge in [0.2, 0.25) is 0 Å². The highest BCUT2D eigenvalue weighted by Gasteiger charge is 2.31. The summed E-state index contributed by atoms with van der Waals surface area (Å²) < 4.78 is 0. The first-order valence-corrected chi connectivity index (χ1v) is 4.23. The lowest BCUT2D eigenvalue weighted by Gasteiger charge is -2.08. The Kier molecular flexibility index (Phi) is 2.69. The van der Waals surface area contributed by atoms with Crippen LogP contribution < -0.4 is 11.1 Å². The first-order chi connectivity index (χ1) is 4.74. The number of rotatable bonds is 4. The van der Waals surface area contributed by atoms with Gasteiger partial charge in [-0.25, -0.2) is 0 Å². The highest BCUT2D eigenvalue weighted by atomic mass is 15.0. The molecular weight excluding hydrogens is 124 g/mol. The Labute approximate surface area is 63.2 Å². The second kappa shape index (κ2) is 3.35. The molecule has 0 aromatic rings. The summed E-state index contributed by atoms with van der Waals surface area (Å²) in [5.41, 5.74) is 5.73. The molecule has 10 heavy (non-hydrogen) atoms. The Bertz CT molecular complexity index is 99.4. The van der Waals surface area contributed by atoms with E-state index in [1.807, 2.05) is 0 Å². The second-order valence-electron chi connectivity index (χ2n) is 3.40. The van der Waals surface area contributed by atoms with Crippen LogP contribution in [0, 0.1) is 5.92 Å².